The lowest BCUT2D eigenvalue weighted by atomic mass is 10.1. The van der Waals surface area contributed by atoms with E-state index in [1.807, 2.05) is 6.92 Å². The van der Waals surface area contributed by atoms with Gasteiger partial charge >= 0.3 is 0 Å². The maximum Gasteiger partial charge on any atom is 0.0442 e. The zero-order valence-electron chi connectivity index (χ0n) is 8.38. The van der Waals surface area contributed by atoms with E-state index in [0.717, 1.165) is 18.1 Å². The summed E-state index contributed by atoms with van der Waals surface area (Å²) < 4.78 is 11.4. The standard InChI is InChI=1S/C9H21NOS/c1-8(2)5-4-6-12(11)9(3)7-10/h8-9H,4-7,10H2,1-3H3. The van der Waals surface area contributed by atoms with Gasteiger partial charge in [0.25, 0.3) is 0 Å². The minimum Gasteiger partial charge on any atom is -0.329 e. The van der Waals surface area contributed by atoms with E-state index in [9.17, 15) is 4.21 Å². The van der Waals surface area contributed by atoms with Crippen LogP contribution in [-0.2, 0) is 10.8 Å². The molecule has 0 fully saturated rings. The fourth-order valence-electron chi connectivity index (χ4n) is 0.942. The number of hydrogen-bond acceptors (Lipinski definition) is 2. The monoisotopic (exact) mass is 191 g/mol. The zero-order valence-corrected chi connectivity index (χ0v) is 9.19. The van der Waals surface area contributed by atoms with Crippen molar-refractivity contribution in [3.8, 4) is 0 Å². The fraction of sp³-hybridized carbons (Fsp3) is 1.00. The maximum atomic E-state index is 11.4. The molecular formula is C9H21NOS. The van der Waals surface area contributed by atoms with Gasteiger partial charge in [-0.15, -0.1) is 0 Å². The van der Waals surface area contributed by atoms with Crippen molar-refractivity contribution >= 4 is 10.8 Å². The van der Waals surface area contributed by atoms with Gasteiger partial charge in [-0.1, -0.05) is 20.3 Å². The van der Waals surface area contributed by atoms with Gasteiger partial charge in [0.05, 0.1) is 0 Å². The molecule has 0 bridgehead atoms. The summed E-state index contributed by atoms with van der Waals surface area (Å²) in [6.07, 6.45) is 2.23. The molecule has 3 heteroatoms. The van der Waals surface area contributed by atoms with Crippen molar-refractivity contribution in [3.63, 3.8) is 0 Å². The summed E-state index contributed by atoms with van der Waals surface area (Å²) in [7, 11) is -0.706. The van der Waals surface area contributed by atoms with Gasteiger partial charge in [0.2, 0.25) is 0 Å². The molecule has 0 aromatic rings. The second-order valence-corrected chi connectivity index (χ2v) is 5.64. The summed E-state index contributed by atoms with van der Waals surface area (Å²) in [6.45, 7) is 6.87. The molecule has 0 heterocycles. The van der Waals surface area contributed by atoms with E-state index in [0.29, 0.717) is 6.54 Å². The largest absolute Gasteiger partial charge is 0.329 e. The predicted molar refractivity (Wildman–Crippen MR) is 55.6 cm³/mol. The van der Waals surface area contributed by atoms with E-state index in [4.69, 9.17) is 5.73 Å². The zero-order chi connectivity index (χ0) is 9.56. The third-order valence-corrected chi connectivity index (χ3v) is 3.69. The van der Waals surface area contributed by atoms with Crippen LogP contribution in [-0.4, -0.2) is 21.8 Å². The van der Waals surface area contributed by atoms with Gasteiger partial charge in [-0.25, -0.2) is 0 Å². The summed E-state index contributed by atoms with van der Waals surface area (Å²) in [5.74, 6) is 1.53. The topological polar surface area (TPSA) is 43.1 Å². The highest BCUT2D eigenvalue weighted by molar-refractivity contribution is 7.85. The third kappa shape index (κ3) is 5.72. The normalized spacial score (nSPS) is 16.4. The van der Waals surface area contributed by atoms with E-state index in [2.05, 4.69) is 13.8 Å². The maximum absolute atomic E-state index is 11.4. The first-order chi connectivity index (χ1) is 5.57. The van der Waals surface area contributed by atoms with Gasteiger partial charge in [0.1, 0.15) is 0 Å². The molecule has 0 aliphatic rings. The van der Waals surface area contributed by atoms with Gasteiger partial charge in [0.15, 0.2) is 0 Å². The summed E-state index contributed by atoms with van der Waals surface area (Å²) in [5, 5.41) is 0.164. The van der Waals surface area contributed by atoms with Crippen LogP contribution in [0.5, 0.6) is 0 Å². The predicted octanol–water partition coefficient (Wildman–Crippen LogP) is 1.52. The summed E-state index contributed by atoms with van der Waals surface area (Å²) in [4.78, 5) is 0. The van der Waals surface area contributed by atoms with Crippen LogP contribution in [0.4, 0.5) is 0 Å². The molecule has 0 saturated heterocycles. The first-order valence-electron chi connectivity index (χ1n) is 4.65. The number of hydrogen-bond donors (Lipinski definition) is 1. The molecule has 2 nitrogen and oxygen atoms in total. The van der Waals surface area contributed by atoms with E-state index < -0.39 is 10.8 Å². The van der Waals surface area contributed by atoms with Crippen LogP contribution >= 0.6 is 0 Å². The summed E-state index contributed by atoms with van der Waals surface area (Å²) in [5.41, 5.74) is 5.41. The van der Waals surface area contributed by atoms with Crippen molar-refractivity contribution in [2.75, 3.05) is 12.3 Å². The first kappa shape index (κ1) is 12.1. The Morgan fingerprint density at radius 3 is 2.33 bits per heavy atom. The molecule has 2 N–H and O–H groups in total. The second kappa shape index (κ2) is 6.61. The Labute approximate surface area is 78.4 Å². The van der Waals surface area contributed by atoms with Crippen LogP contribution in [0.15, 0.2) is 0 Å². The van der Waals surface area contributed by atoms with Crippen LogP contribution < -0.4 is 5.73 Å². The molecule has 0 amide bonds. The summed E-state index contributed by atoms with van der Waals surface area (Å²) in [6, 6.07) is 0. The summed E-state index contributed by atoms with van der Waals surface area (Å²) >= 11 is 0. The SMILES string of the molecule is CC(C)CCCS(=O)C(C)CN. The average Bonchev–Trinajstić information content (AvgIpc) is 2.02. The second-order valence-electron chi connectivity index (χ2n) is 3.67. The van der Waals surface area contributed by atoms with Crippen molar-refractivity contribution < 1.29 is 4.21 Å². The van der Waals surface area contributed by atoms with Crippen molar-refractivity contribution in [3.05, 3.63) is 0 Å². The Hall–Kier alpha value is 0.110. The molecule has 12 heavy (non-hydrogen) atoms. The van der Waals surface area contributed by atoms with E-state index in [-0.39, 0.29) is 5.25 Å². The molecule has 2 atom stereocenters. The Morgan fingerprint density at radius 2 is 1.92 bits per heavy atom. The minimum absolute atomic E-state index is 0.164. The van der Waals surface area contributed by atoms with Crippen molar-refractivity contribution in [1.82, 2.24) is 0 Å². The molecule has 0 aliphatic heterocycles. The van der Waals surface area contributed by atoms with Crippen LogP contribution in [0.1, 0.15) is 33.6 Å². The Bertz CT molecular complexity index is 136. The average molecular weight is 191 g/mol. The van der Waals surface area contributed by atoms with E-state index in [1.54, 1.807) is 0 Å². The van der Waals surface area contributed by atoms with Gasteiger partial charge in [0, 0.05) is 28.3 Å². The fourth-order valence-corrected chi connectivity index (χ4v) is 2.01. The van der Waals surface area contributed by atoms with Gasteiger partial charge in [-0.05, 0) is 19.3 Å². The lowest BCUT2D eigenvalue weighted by Gasteiger charge is -2.09. The molecule has 0 radical (unpaired) electrons. The van der Waals surface area contributed by atoms with Gasteiger partial charge < -0.3 is 5.73 Å². The van der Waals surface area contributed by atoms with Crippen LogP contribution in [0, 0.1) is 5.92 Å². The molecule has 0 spiro atoms. The van der Waals surface area contributed by atoms with Crippen molar-refractivity contribution in [2.45, 2.75) is 38.9 Å². The lowest BCUT2D eigenvalue weighted by molar-refractivity contribution is 0.574. The minimum atomic E-state index is -0.706. The molecule has 0 rings (SSSR count). The molecule has 0 aliphatic carbocycles. The first-order valence-corrected chi connectivity index (χ1v) is 6.03. The lowest BCUT2D eigenvalue weighted by Crippen LogP contribution is -2.23. The Morgan fingerprint density at radius 1 is 1.33 bits per heavy atom. The van der Waals surface area contributed by atoms with Crippen LogP contribution in [0.2, 0.25) is 0 Å². The van der Waals surface area contributed by atoms with Crippen molar-refractivity contribution in [2.24, 2.45) is 11.7 Å². The Balaban J connectivity index is 3.44. The van der Waals surface area contributed by atoms with Gasteiger partial charge in [-0.3, -0.25) is 4.21 Å². The molecule has 0 aromatic heterocycles. The van der Waals surface area contributed by atoms with Crippen molar-refractivity contribution in [1.29, 1.82) is 0 Å². The van der Waals surface area contributed by atoms with E-state index in [1.165, 1.54) is 6.42 Å². The van der Waals surface area contributed by atoms with Crippen LogP contribution in [0.3, 0.4) is 0 Å². The van der Waals surface area contributed by atoms with Crippen LogP contribution in [0.25, 0.3) is 0 Å². The highest BCUT2D eigenvalue weighted by Crippen LogP contribution is 2.05. The highest BCUT2D eigenvalue weighted by atomic mass is 32.2. The molecule has 0 saturated carbocycles. The Kier molecular flexibility index (Phi) is 6.67. The molecule has 2 unspecified atom stereocenters. The smallest absolute Gasteiger partial charge is 0.0442 e. The number of nitrogens with two attached hydrogens (primary N) is 1. The molecule has 0 aromatic carbocycles. The third-order valence-electron chi connectivity index (χ3n) is 1.91. The quantitative estimate of drug-likeness (QED) is 0.691. The molecular weight excluding hydrogens is 170 g/mol. The molecule has 74 valence electrons. The highest BCUT2D eigenvalue weighted by Gasteiger charge is 2.08. The van der Waals surface area contributed by atoms with Gasteiger partial charge in [-0.2, -0.15) is 0 Å². The number of rotatable bonds is 6. The van der Waals surface area contributed by atoms with E-state index >= 15 is 0 Å².